The van der Waals surface area contributed by atoms with Crippen LogP contribution in [-0.2, 0) is 6.42 Å². The molecule has 1 aliphatic rings. The van der Waals surface area contributed by atoms with E-state index in [9.17, 15) is 9.50 Å². The van der Waals surface area contributed by atoms with E-state index in [0.29, 0.717) is 35.4 Å². The maximum atomic E-state index is 14.9. The highest BCUT2D eigenvalue weighted by Crippen LogP contribution is 2.44. The van der Waals surface area contributed by atoms with E-state index in [4.69, 9.17) is 9.47 Å². The molecule has 26 heavy (non-hydrogen) atoms. The number of ether oxygens (including phenoxy) is 2. The van der Waals surface area contributed by atoms with Crippen LogP contribution in [0.1, 0.15) is 11.3 Å². The summed E-state index contributed by atoms with van der Waals surface area (Å²) in [4.78, 5) is 7.41. The molecule has 0 amide bonds. The number of nitrogens with one attached hydrogen (secondary N) is 1. The van der Waals surface area contributed by atoms with Crippen LogP contribution in [0.2, 0.25) is 0 Å². The van der Waals surface area contributed by atoms with Gasteiger partial charge in [-0.05, 0) is 31.2 Å². The Hall–Kier alpha value is -3.28. The maximum Gasteiger partial charge on any atom is 0.175 e. The molecule has 0 fully saturated rings. The van der Waals surface area contributed by atoms with Crippen molar-refractivity contribution >= 4 is 21.8 Å². The number of nitrogens with zero attached hydrogens (tertiary/aromatic N) is 1. The van der Waals surface area contributed by atoms with Crippen molar-refractivity contribution in [1.82, 2.24) is 9.97 Å². The number of fused-ring (bicyclic) bond motifs is 4. The first kappa shape index (κ1) is 15.0. The Morgan fingerprint density at radius 2 is 2.12 bits per heavy atom. The minimum atomic E-state index is -0.413. The van der Waals surface area contributed by atoms with Gasteiger partial charge in [-0.25, -0.2) is 4.39 Å². The summed E-state index contributed by atoms with van der Waals surface area (Å²) in [6.45, 7) is 2.37. The van der Waals surface area contributed by atoms with Crippen LogP contribution in [0, 0.1) is 12.7 Å². The van der Waals surface area contributed by atoms with Gasteiger partial charge in [-0.1, -0.05) is 0 Å². The van der Waals surface area contributed by atoms with E-state index < -0.39 is 5.82 Å². The minimum Gasteiger partial charge on any atom is -0.504 e. The SMILES string of the molecule is Cc1cc2c(F)c(Oc3ccnc4cc(O)c5c(c34)CCO5)ccc2[nH]1. The molecule has 2 N–H and O–H groups in total. The van der Waals surface area contributed by atoms with Crippen molar-refractivity contribution in [2.45, 2.75) is 13.3 Å². The second-order valence-corrected chi connectivity index (χ2v) is 6.40. The number of benzene rings is 2. The second-order valence-electron chi connectivity index (χ2n) is 6.40. The van der Waals surface area contributed by atoms with Crippen LogP contribution in [0.3, 0.4) is 0 Å². The van der Waals surface area contributed by atoms with Crippen LogP contribution in [0.25, 0.3) is 21.8 Å². The number of aryl methyl sites for hydroxylation is 1. The molecule has 0 spiro atoms. The average molecular weight is 350 g/mol. The molecular weight excluding hydrogens is 335 g/mol. The van der Waals surface area contributed by atoms with Crippen molar-refractivity contribution in [1.29, 1.82) is 0 Å². The van der Waals surface area contributed by atoms with Gasteiger partial charge in [-0.2, -0.15) is 0 Å². The molecular formula is C20H15FN2O3. The lowest BCUT2D eigenvalue weighted by Crippen LogP contribution is -1.93. The molecule has 0 saturated heterocycles. The van der Waals surface area contributed by atoms with Gasteiger partial charge in [0.15, 0.2) is 23.1 Å². The van der Waals surface area contributed by atoms with Gasteiger partial charge in [0.25, 0.3) is 0 Å². The van der Waals surface area contributed by atoms with Gasteiger partial charge in [0.05, 0.1) is 17.5 Å². The quantitative estimate of drug-likeness (QED) is 0.555. The predicted octanol–water partition coefficient (Wildman–Crippen LogP) is 4.60. The first-order chi connectivity index (χ1) is 12.6. The number of aromatic nitrogens is 2. The zero-order valence-electron chi connectivity index (χ0n) is 14.0. The summed E-state index contributed by atoms with van der Waals surface area (Å²) < 4.78 is 26.3. The van der Waals surface area contributed by atoms with Crippen LogP contribution in [-0.4, -0.2) is 21.7 Å². The fourth-order valence-corrected chi connectivity index (χ4v) is 3.56. The minimum absolute atomic E-state index is 0.0602. The van der Waals surface area contributed by atoms with Crippen LogP contribution in [0.4, 0.5) is 4.39 Å². The molecule has 5 nitrogen and oxygen atoms in total. The fraction of sp³-hybridized carbons (Fsp3) is 0.150. The first-order valence-corrected chi connectivity index (χ1v) is 8.34. The first-order valence-electron chi connectivity index (χ1n) is 8.34. The second kappa shape index (κ2) is 5.36. The van der Waals surface area contributed by atoms with Crippen LogP contribution >= 0.6 is 0 Å². The van der Waals surface area contributed by atoms with E-state index in [1.807, 2.05) is 6.92 Å². The number of hydrogen-bond donors (Lipinski definition) is 2. The molecule has 0 saturated carbocycles. The van der Waals surface area contributed by atoms with E-state index >= 15 is 0 Å². The molecule has 0 radical (unpaired) electrons. The molecule has 0 unspecified atom stereocenters. The van der Waals surface area contributed by atoms with Crippen LogP contribution < -0.4 is 9.47 Å². The Bertz CT molecular complexity index is 1180. The molecule has 5 rings (SSSR count). The number of phenols is 1. The van der Waals surface area contributed by atoms with E-state index in [1.165, 1.54) is 0 Å². The van der Waals surface area contributed by atoms with Crippen LogP contribution in [0.15, 0.2) is 36.5 Å². The van der Waals surface area contributed by atoms with E-state index in [2.05, 4.69) is 9.97 Å². The Labute approximate surface area is 148 Å². The van der Waals surface area contributed by atoms with Gasteiger partial charge < -0.3 is 19.6 Å². The Morgan fingerprint density at radius 1 is 1.23 bits per heavy atom. The number of H-pyrrole nitrogens is 1. The highest BCUT2D eigenvalue weighted by atomic mass is 19.1. The monoisotopic (exact) mass is 350 g/mol. The van der Waals surface area contributed by atoms with Crippen molar-refractivity contribution in [3.8, 4) is 23.0 Å². The third kappa shape index (κ3) is 2.12. The smallest absolute Gasteiger partial charge is 0.175 e. The summed E-state index contributed by atoms with van der Waals surface area (Å²) in [5.74, 6) is 0.730. The fourth-order valence-electron chi connectivity index (χ4n) is 3.56. The van der Waals surface area contributed by atoms with E-state index in [-0.39, 0.29) is 11.5 Å². The lowest BCUT2D eigenvalue weighted by atomic mass is 10.0. The number of phenolic OH excluding ortho intramolecular Hbond substituents is 1. The maximum absolute atomic E-state index is 14.9. The summed E-state index contributed by atoms with van der Waals surface area (Å²) in [6, 6.07) is 8.40. The van der Waals surface area contributed by atoms with Gasteiger partial charge in [0.2, 0.25) is 0 Å². The summed E-state index contributed by atoms with van der Waals surface area (Å²) >= 11 is 0. The molecule has 130 valence electrons. The van der Waals surface area contributed by atoms with Crippen molar-refractivity contribution in [3.63, 3.8) is 0 Å². The third-order valence-electron chi connectivity index (χ3n) is 4.68. The highest BCUT2D eigenvalue weighted by molar-refractivity contribution is 5.93. The number of hydrogen-bond acceptors (Lipinski definition) is 4. The van der Waals surface area contributed by atoms with Gasteiger partial charge in [0, 0.05) is 40.8 Å². The Kier molecular flexibility index (Phi) is 3.09. The summed E-state index contributed by atoms with van der Waals surface area (Å²) in [5, 5.41) is 11.3. The number of aromatic amines is 1. The molecule has 1 aliphatic heterocycles. The zero-order valence-corrected chi connectivity index (χ0v) is 14.0. The highest BCUT2D eigenvalue weighted by Gasteiger charge is 2.23. The van der Waals surface area contributed by atoms with Crippen molar-refractivity contribution in [2.24, 2.45) is 0 Å². The molecule has 2 aromatic heterocycles. The van der Waals surface area contributed by atoms with Gasteiger partial charge in [-0.15, -0.1) is 0 Å². The lowest BCUT2D eigenvalue weighted by molar-refractivity contribution is 0.335. The number of halogens is 1. The molecule has 3 heterocycles. The third-order valence-corrected chi connectivity index (χ3v) is 4.68. The van der Waals surface area contributed by atoms with Crippen molar-refractivity contribution in [2.75, 3.05) is 6.61 Å². The largest absolute Gasteiger partial charge is 0.504 e. The van der Waals surface area contributed by atoms with Gasteiger partial charge in [0.1, 0.15) is 5.75 Å². The van der Waals surface area contributed by atoms with Crippen LogP contribution in [0.5, 0.6) is 23.0 Å². The average Bonchev–Trinajstić information content (AvgIpc) is 3.24. The number of aromatic hydroxyl groups is 1. The summed E-state index contributed by atoms with van der Waals surface area (Å²) in [5.41, 5.74) is 3.03. The Morgan fingerprint density at radius 3 is 3.00 bits per heavy atom. The predicted molar refractivity (Wildman–Crippen MR) is 95.7 cm³/mol. The molecule has 0 atom stereocenters. The summed E-state index contributed by atoms with van der Waals surface area (Å²) in [6.07, 6.45) is 2.22. The molecule has 2 aromatic carbocycles. The van der Waals surface area contributed by atoms with Gasteiger partial charge >= 0.3 is 0 Å². The van der Waals surface area contributed by atoms with E-state index in [1.54, 1.807) is 36.5 Å². The Balaban J connectivity index is 1.69. The number of rotatable bonds is 2. The molecule has 0 bridgehead atoms. The topological polar surface area (TPSA) is 67.4 Å². The molecule has 0 aliphatic carbocycles. The summed E-state index contributed by atoms with van der Waals surface area (Å²) in [7, 11) is 0. The lowest BCUT2D eigenvalue weighted by Gasteiger charge is -2.12. The van der Waals surface area contributed by atoms with Crippen molar-refractivity contribution < 1.29 is 19.0 Å². The number of pyridine rings is 1. The normalized spacial score (nSPS) is 13.2. The molecule has 4 aromatic rings. The molecule has 6 heteroatoms. The van der Waals surface area contributed by atoms with Gasteiger partial charge in [-0.3, -0.25) is 4.98 Å². The van der Waals surface area contributed by atoms with Crippen molar-refractivity contribution in [3.05, 3.63) is 53.6 Å². The standard InChI is InChI=1S/C20H15FN2O3/c1-10-8-12-13(23-10)2-3-17(19(12)21)26-16-4-6-22-14-9-15(24)20-11(18(14)16)5-7-25-20/h2-4,6,8-9,23-24H,5,7H2,1H3. The van der Waals surface area contributed by atoms with E-state index in [0.717, 1.165) is 22.2 Å². The zero-order chi connectivity index (χ0) is 17.8.